The molecule has 278 valence electrons. The van der Waals surface area contributed by atoms with E-state index in [1.165, 1.54) is 65.4 Å². The monoisotopic (exact) mass is 723 g/mol. The fourth-order valence-electron chi connectivity index (χ4n) is 9.63. The van der Waals surface area contributed by atoms with E-state index >= 15 is 0 Å². The smallest absolute Gasteiger partial charge is 0.178 e. The highest BCUT2D eigenvalue weighted by molar-refractivity contribution is 6.09. The van der Waals surface area contributed by atoms with E-state index in [4.69, 9.17) is 23.7 Å². The molecule has 2 aliphatic heterocycles. The minimum absolute atomic E-state index is 0.0389. The van der Waals surface area contributed by atoms with Crippen LogP contribution in [0.5, 0.6) is 23.0 Å². The fraction of sp³-hybridized carbons (Fsp3) is 0.362. The molecule has 5 aromatic carbocycles. The van der Waals surface area contributed by atoms with Crippen LogP contribution in [0.15, 0.2) is 91.0 Å². The first-order valence-corrected chi connectivity index (χ1v) is 19.6. The Bertz CT molecular complexity index is 2180. The first kappa shape index (κ1) is 34.8. The van der Waals surface area contributed by atoms with Crippen molar-refractivity contribution in [2.24, 2.45) is 0 Å². The molecular formula is C47H49NO6. The molecule has 2 fully saturated rings. The van der Waals surface area contributed by atoms with Crippen LogP contribution in [-0.2, 0) is 15.8 Å². The van der Waals surface area contributed by atoms with Crippen molar-refractivity contribution < 1.29 is 28.8 Å². The molecule has 7 heteroatoms. The molecule has 1 saturated carbocycles. The molecule has 54 heavy (non-hydrogen) atoms. The lowest BCUT2D eigenvalue weighted by Crippen LogP contribution is -2.37. The van der Waals surface area contributed by atoms with Gasteiger partial charge in [-0.1, -0.05) is 68.5 Å². The summed E-state index contributed by atoms with van der Waals surface area (Å²) < 4.78 is 30.9. The van der Waals surface area contributed by atoms with Crippen LogP contribution in [0.1, 0.15) is 72.8 Å². The number of fused-ring (bicyclic) bond motifs is 10. The third-order valence-electron chi connectivity index (χ3n) is 12.3. The Kier molecular flexibility index (Phi) is 9.24. The molecule has 1 saturated heterocycles. The second-order valence-electron chi connectivity index (χ2n) is 15.1. The summed E-state index contributed by atoms with van der Waals surface area (Å²) in [7, 11) is 3.50. The molecule has 1 unspecified atom stereocenters. The number of aliphatic hydroxyl groups excluding tert-OH is 1. The third-order valence-corrected chi connectivity index (χ3v) is 12.3. The van der Waals surface area contributed by atoms with E-state index in [-0.39, 0.29) is 18.6 Å². The van der Waals surface area contributed by atoms with Crippen molar-refractivity contribution in [2.45, 2.75) is 56.0 Å². The first-order chi connectivity index (χ1) is 26.6. The van der Waals surface area contributed by atoms with Gasteiger partial charge in [0.05, 0.1) is 34.0 Å². The summed E-state index contributed by atoms with van der Waals surface area (Å²) in [6, 6.07) is 30.2. The number of hydrogen-bond donors (Lipinski definition) is 1. The topological polar surface area (TPSA) is 69.6 Å². The van der Waals surface area contributed by atoms with Gasteiger partial charge in [0.2, 0.25) is 0 Å². The number of rotatable bonds is 8. The van der Waals surface area contributed by atoms with Gasteiger partial charge in [0, 0.05) is 46.3 Å². The molecule has 0 amide bonds. The Morgan fingerprint density at radius 3 is 2.07 bits per heavy atom. The van der Waals surface area contributed by atoms with Crippen LogP contribution in [0.3, 0.4) is 0 Å². The Morgan fingerprint density at radius 2 is 1.37 bits per heavy atom. The van der Waals surface area contributed by atoms with Gasteiger partial charge >= 0.3 is 0 Å². The van der Waals surface area contributed by atoms with Crippen LogP contribution in [0, 0.1) is 0 Å². The number of aliphatic hydroxyl groups is 1. The Morgan fingerprint density at radius 1 is 0.722 bits per heavy atom. The Balaban J connectivity index is 1.28. The molecule has 0 aromatic heterocycles. The van der Waals surface area contributed by atoms with Crippen LogP contribution in [0.25, 0.3) is 28.0 Å². The second kappa shape index (κ2) is 14.3. The number of hydrogen-bond acceptors (Lipinski definition) is 7. The van der Waals surface area contributed by atoms with Gasteiger partial charge in [-0.05, 0) is 101 Å². The summed E-state index contributed by atoms with van der Waals surface area (Å²) >= 11 is 0. The lowest BCUT2D eigenvalue weighted by Gasteiger charge is -2.40. The van der Waals surface area contributed by atoms with Crippen molar-refractivity contribution in [3.63, 3.8) is 0 Å². The van der Waals surface area contributed by atoms with Crippen LogP contribution < -0.4 is 23.8 Å². The van der Waals surface area contributed by atoms with Gasteiger partial charge in [0.25, 0.3) is 0 Å². The summed E-state index contributed by atoms with van der Waals surface area (Å²) in [5.41, 5.74) is 8.66. The summed E-state index contributed by atoms with van der Waals surface area (Å²) in [6.45, 7) is 3.42. The molecular weight excluding hydrogens is 675 g/mol. The zero-order chi connectivity index (χ0) is 36.7. The minimum Gasteiger partial charge on any atom is -0.497 e. The summed E-state index contributed by atoms with van der Waals surface area (Å²) in [4.78, 5) is 2.38. The summed E-state index contributed by atoms with van der Waals surface area (Å²) in [5, 5.41) is 11.6. The standard InChI is InChI=1S/C47H49NO6/c1-50-36-16-18-38-41(30-36)45-40(44-43(38)39-19-17-37(51-2)31-42(39)46(44)21-6-4-3-5-7-22-46)20-23-47(54-45,33-10-14-35(15-11-33)53-29-26-49)32-8-12-34(13-9-32)48-24-27-52-28-25-48/h8-20,23,30-31,49H,3-7,21-22,24-29H2,1-2H3. The average Bonchev–Trinajstić information content (AvgIpc) is 3.51. The average molecular weight is 724 g/mol. The van der Waals surface area contributed by atoms with Crippen LogP contribution in [0.4, 0.5) is 5.69 Å². The quantitative estimate of drug-likeness (QED) is 0.171. The normalized spacial score (nSPS) is 20.0. The fourth-order valence-corrected chi connectivity index (χ4v) is 9.63. The van der Waals surface area contributed by atoms with Crippen molar-refractivity contribution in [3.05, 3.63) is 119 Å². The predicted molar refractivity (Wildman–Crippen MR) is 215 cm³/mol. The first-order valence-electron chi connectivity index (χ1n) is 19.6. The maximum Gasteiger partial charge on any atom is 0.178 e. The molecule has 1 atom stereocenters. The van der Waals surface area contributed by atoms with E-state index in [0.717, 1.165) is 78.5 Å². The summed E-state index contributed by atoms with van der Waals surface area (Å²) in [5.74, 6) is 3.28. The van der Waals surface area contributed by atoms with Crippen LogP contribution in [0.2, 0.25) is 0 Å². The van der Waals surface area contributed by atoms with E-state index in [2.05, 4.69) is 89.8 Å². The molecule has 9 rings (SSSR count). The van der Waals surface area contributed by atoms with Crippen molar-refractivity contribution in [1.82, 2.24) is 0 Å². The maximum atomic E-state index is 9.40. The molecule has 0 radical (unpaired) electrons. The van der Waals surface area contributed by atoms with Crippen molar-refractivity contribution in [2.75, 3.05) is 58.6 Å². The lowest BCUT2D eigenvalue weighted by molar-refractivity contribution is 0.122. The predicted octanol–water partition coefficient (Wildman–Crippen LogP) is 9.42. The van der Waals surface area contributed by atoms with Gasteiger partial charge in [-0.3, -0.25) is 0 Å². The van der Waals surface area contributed by atoms with Gasteiger partial charge in [0.15, 0.2) is 5.60 Å². The van der Waals surface area contributed by atoms with E-state index < -0.39 is 5.60 Å². The number of methoxy groups -OCH3 is 2. The molecule has 1 N–H and O–H groups in total. The molecule has 2 heterocycles. The van der Waals surface area contributed by atoms with E-state index in [1.807, 2.05) is 12.1 Å². The molecule has 0 bridgehead atoms. The van der Waals surface area contributed by atoms with Crippen molar-refractivity contribution in [1.29, 1.82) is 0 Å². The maximum absolute atomic E-state index is 9.40. The number of benzene rings is 5. The number of nitrogens with zero attached hydrogens (tertiary/aromatic N) is 1. The van der Waals surface area contributed by atoms with E-state index in [0.29, 0.717) is 5.75 Å². The van der Waals surface area contributed by atoms with Crippen molar-refractivity contribution >= 4 is 22.5 Å². The zero-order valence-electron chi connectivity index (χ0n) is 31.4. The summed E-state index contributed by atoms with van der Waals surface area (Å²) in [6.07, 6.45) is 13.0. The van der Waals surface area contributed by atoms with Gasteiger partial charge in [-0.15, -0.1) is 0 Å². The molecule has 7 nitrogen and oxygen atoms in total. The van der Waals surface area contributed by atoms with Gasteiger partial charge < -0.3 is 33.7 Å². The van der Waals surface area contributed by atoms with E-state index in [1.54, 1.807) is 14.2 Å². The lowest BCUT2D eigenvalue weighted by atomic mass is 9.67. The number of morpholine rings is 1. The largest absolute Gasteiger partial charge is 0.497 e. The van der Waals surface area contributed by atoms with E-state index in [9.17, 15) is 5.11 Å². The van der Waals surface area contributed by atoms with Crippen LogP contribution in [-0.4, -0.2) is 58.8 Å². The highest BCUT2D eigenvalue weighted by atomic mass is 16.5. The van der Waals surface area contributed by atoms with Gasteiger partial charge in [-0.2, -0.15) is 0 Å². The molecule has 1 spiro atoms. The highest BCUT2D eigenvalue weighted by Gasteiger charge is 2.48. The molecule has 5 aromatic rings. The Hall–Kier alpha value is -4.98. The molecule has 4 aliphatic rings. The second-order valence-corrected chi connectivity index (χ2v) is 15.1. The Labute approximate surface area is 318 Å². The van der Waals surface area contributed by atoms with Crippen molar-refractivity contribution in [3.8, 4) is 34.1 Å². The number of ether oxygens (including phenoxy) is 5. The molecule has 2 aliphatic carbocycles. The highest BCUT2D eigenvalue weighted by Crippen LogP contribution is 2.62. The minimum atomic E-state index is -0.931. The zero-order valence-corrected chi connectivity index (χ0v) is 31.4. The third kappa shape index (κ3) is 5.71. The van der Waals surface area contributed by atoms with Crippen LogP contribution >= 0.6 is 0 Å². The number of anilines is 1. The van der Waals surface area contributed by atoms with Gasteiger partial charge in [-0.25, -0.2) is 0 Å². The SMILES string of the molecule is COc1ccc2c(c1)C1(CCCCCCC1)c1c3c(c4cc(OC)ccc4c1-2)OC(c1ccc(OCCO)cc1)(c1ccc(N2CCOCC2)cc1)C=C3. The van der Waals surface area contributed by atoms with Gasteiger partial charge in [0.1, 0.15) is 29.6 Å².